The zero-order valence-electron chi connectivity index (χ0n) is 16.4. The topological polar surface area (TPSA) is 69.9 Å². The van der Waals surface area contributed by atoms with Crippen LogP contribution in [0.15, 0.2) is 78.3 Å². The molecule has 4 rings (SSSR count). The van der Waals surface area contributed by atoms with Crippen molar-refractivity contribution in [3.63, 3.8) is 0 Å². The van der Waals surface area contributed by atoms with Crippen LogP contribution in [0.25, 0.3) is 10.7 Å². The molecule has 2 heterocycles. The summed E-state index contributed by atoms with van der Waals surface area (Å²) in [5.41, 5.74) is 3.26. The average Bonchev–Trinajstić information content (AvgIpc) is 3.27. The Morgan fingerprint density at radius 2 is 1.90 bits per heavy atom. The van der Waals surface area contributed by atoms with Crippen LogP contribution in [-0.2, 0) is 17.8 Å². The number of hydrogen-bond acceptors (Lipinski definition) is 5. The zero-order chi connectivity index (χ0) is 21.6. The van der Waals surface area contributed by atoms with E-state index in [2.05, 4.69) is 16.0 Å². The number of rotatable bonds is 6. The van der Waals surface area contributed by atoms with Crippen LogP contribution in [0.4, 0.5) is 5.69 Å². The number of amides is 1. The van der Waals surface area contributed by atoms with Gasteiger partial charge in [0, 0.05) is 16.6 Å². The third-order valence-corrected chi connectivity index (χ3v) is 5.77. The number of thiazole rings is 1. The molecular formula is C24H17ClN4OS. The number of pyridine rings is 1. The van der Waals surface area contributed by atoms with Crippen molar-refractivity contribution in [1.82, 2.24) is 9.97 Å². The minimum atomic E-state index is -0.166. The van der Waals surface area contributed by atoms with Gasteiger partial charge in [-0.25, -0.2) is 4.98 Å². The van der Waals surface area contributed by atoms with Crippen molar-refractivity contribution in [3.8, 4) is 16.8 Å². The van der Waals surface area contributed by atoms with Crippen LogP contribution in [0.2, 0.25) is 5.02 Å². The van der Waals surface area contributed by atoms with Gasteiger partial charge in [0.15, 0.2) is 0 Å². The van der Waals surface area contributed by atoms with Crippen LogP contribution >= 0.6 is 22.9 Å². The molecule has 0 saturated heterocycles. The van der Waals surface area contributed by atoms with Crippen molar-refractivity contribution in [3.05, 3.63) is 100 Å². The van der Waals surface area contributed by atoms with Gasteiger partial charge in [-0.2, -0.15) is 5.26 Å². The summed E-state index contributed by atoms with van der Waals surface area (Å²) in [5, 5.41) is 12.7. The standard InChI is InChI=1S/C24H17ClN4OS/c25-19-10-9-18(14-26)22(12-19)29(15-17-6-2-1-3-7-17)23(30)13-20-16-31-24(28-20)21-8-4-5-11-27-21/h1-12,16H,13,15H2. The highest BCUT2D eigenvalue weighted by Crippen LogP contribution is 2.28. The molecule has 152 valence electrons. The highest BCUT2D eigenvalue weighted by molar-refractivity contribution is 7.13. The Bertz CT molecular complexity index is 1240. The smallest absolute Gasteiger partial charge is 0.233 e. The van der Waals surface area contributed by atoms with Crippen molar-refractivity contribution in [2.75, 3.05) is 4.90 Å². The Labute approximate surface area is 189 Å². The Hall–Kier alpha value is -3.53. The second-order valence-corrected chi connectivity index (χ2v) is 8.07. The molecule has 0 fully saturated rings. The molecule has 0 aliphatic rings. The summed E-state index contributed by atoms with van der Waals surface area (Å²) >= 11 is 7.64. The molecule has 0 spiro atoms. The monoisotopic (exact) mass is 444 g/mol. The molecule has 0 aliphatic heterocycles. The molecule has 2 aromatic heterocycles. The molecule has 0 atom stereocenters. The van der Waals surface area contributed by atoms with E-state index in [1.165, 1.54) is 11.3 Å². The predicted molar refractivity (Wildman–Crippen MR) is 123 cm³/mol. The van der Waals surface area contributed by atoms with E-state index < -0.39 is 0 Å². The van der Waals surface area contributed by atoms with Crippen LogP contribution < -0.4 is 4.90 Å². The van der Waals surface area contributed by atoms with Crippen molar-refractivity contribution in [2.45, 2.75) is 13.0 Å². The van der Waals surface area contributed by atoms with Gasteiger partial charge in [-0.05, 0) is 35.9 Å². The minimum absolute atomic E-state index is 0.105. The summed E-state index contributed by atoms with van der Waals surface area (Å²) in [7, 11) is 0. The molecule has 31 heavy (non-hydrogen) atoms. The van der Waals surface area contributed by atoms with Crippen molar-refractivity contribution < 1.29 is 4.79 Å². The maximum absolute atomic E-state index is 13.4. The number of halogens is 1. The SMILES string of the molecule is N#Cc1ccc(Cl)cc1N(Cc1ccccc1)C(=O)Cc1csc(-c2ccccn2)n1. The fraction of sp³-hybridized carbons (Fsp3) is 0.0833. The van der Waals surface area contributed by atoms with E-state index in [9.17, 15) is 10.1 Å². The highest BCUT2D eigenvalue weighted by atomic mass is 35.5. The predicted octanol–water partition coefficient (Wildman–Crippen LogP) is 5.51. The molecule has 5 nitrogen and oxygen atoms in total. The van der Waals surface area contributed by atoms with E-state index in [0.717, 1.165) is 16.3 Å². The fourth-order valence-corrected chi connectivity index (χ4v) is 4.10. The van der Waals surface area contributed by atoms with E-state index in [1.54, 1.807) is 29.3 Å². The van der Waals surface area contributed by atoms with Crippen molar-refractivity contribution in [2.24, 2.45) is 0 Å². The van der Waals surface area contributed by atoms with Gasteiger partial charge in [-0.15, -0.1) is 11.3 Å². The van der Waals surface area contributed by atoms with Crippen LogP contribution in [0.3, 0.4) is 0 Å². The highest BCUT2D eigenvalue weighted by Gasteiger charge is 2.21. The lowest BCUT2D eigenvalue weighted by Crippen LogP contribution is -2.32. The maximum atomic E-state index is 13.4. The molecule has 1 amide bonds. The number of hydrogen-bond donors (Lipinski definition) is 0. The molecule has 0 bridgehead atoms. The molecule has 7 heteroatoms. The third-order valence-electron chi connectivity index (χ3n) is 4.62. The van der Waals surface area contributed by atoms with Gasteiger partial charge >= 0.3 is 0 Å². The van der Waals surface area contributed by atoms with E-state index in [0.29, 0.717) is 28.5 Å². The molecule has 4 aromatic rings. The first-order valence-corrected chi connectivity index (χ1v) is 10.8. The van der Waals surface area contributed by atoms with Crippen LogP contribution in [-0.4, -0.2) is 15.9 Å². The number of benzene rings is 2. The summed E-state index contributed by atoms with van der Waals surface area (Å²) in [4.78, 5) is 23.9. The molecule has 2 aromatic carbocycles. The molecular weight excluding hydrogens is 428 g/mol. The van der Waals surface area contributed by atoms with E-state index in [4.69, 9.17) is 11.6 Å². The van der Waals surface area contributed by atoms with Gasteiger partial charge < -0.3 is 4.90 Å². The Kier molecular flexibility index (Phi) is 6.37. The first kappa shape index (κ1) is 20.7. The summed E-state index contributed by atoms with van der Waals surface area (Å²) in [6.45, 7) is 0.325. The second-order valence-electron chi connectivity index (χ2n) is 6.77. The fourth-order valence-electron chi connectivity index (χ4n) is 3.14. The quantitative estimate of drug-likeness (QED) is 0.393. The average molecular weight is 445 g/mol. The number of carbonyl (C=O) groups excluding carboxylic acids is 1. The van der Waals surface area contributed by atoms with Crippen LogP contribution in [0, 0.1) is 11.3 Å². The third kappa shape index (κ3) is 4.97. The molecule has 0 radical (unpaired) electrons. The lowest BCUT2D eigenvalue weighted by molar-refractivity contribution is -0.118. The summed E-state index contributed by atoms with van der Waals surface area (Å²) in [5.74, 6) is -0.166. The first-order valence-electron chi connectivity index (χ1n) is 9.54. The van der Waals surface area contributed by atoms with Gasteiger partial charge in [0.25, 0.3) is 0 Å². The zero-order valence-corrected chi connectivity index (χ0v) is 18.0. The molecule has 0 unspecified atom stereocenters. The molecule has 0 aliphatic carbocycles. The van der Waals surface area contributed by atoms with E-state index in [1.807, 2.05) is 53.9 Å². The molecule has 0 saturated carbocycles. The van der Waals surface area contributed by atoms with Gasteiger partial charge in [0.1, 0.15) is 11.1 Å². The number of anilines is 1. The summed E-state index contributed by atoms with van der Waals surface area (Å²) in [6.07, 6.45) is 1.82. The number of aromatic nitrogens is 2. The van der Waals surface area contributed by atoms with Crippen LogP contribution in [0.5, 0.6) is 0 Å². The van der Waals surface area contributed by atoms with Gasteiger partial charge in [-0.3, -0.25) is 9.78 Å². The van der Waals surface area contributed by atoms with Gasteiger partial charge in [-0.1, -0.05) is 48.0 Å². The number of carbonyl (C=O) groups is 1. The Morgan fingerprint density at radius 1 is 1.10 bits per heavy atom. The van der Waals surface area contributed by atoms with Gasteiger partial charge in [0.05, 0.1) is 35.6 Å². The number of nitrogens with zero attached hydrogens (tertiary/aromatic N) is 4. The molecule has 0 N–H and O–H groups in total. The Balaban J connectivity index is 1.64. The van der Waals surface area contributed by atoms with Crippen molar-refractivity contribution in [1.29, 1.82) is 5.26 Å². The van der Waals surface area contributed by atoms with Gasteiger partial charge in [0.2, 0.25) is 5.91 Å². The first-order chi connectivity index (χ1) is 15.1. The van der Waals surface area contributed by atoms with Crippen LogP contribution in [0.1, 0.15) is 16.8 Å². The largest absolute Gasteiger partial charge is 0.306 e. The normalized spacial score (nSPS) is 10.5. The lowest BCUT2D eigenvalue weighted by atomic mass is 10.1. The number of nitriles is 1. The summed E-state index contributed by atoms with van der Waals surface area (Å²) in [6, 6.07) is 22.4. The minimum Gasteiger partial charge on any atom is -0.306 e. The lowest BCUT2D eigenvalue weighted by Gasteiger charge is -2.24. The van der Waals surface area contributed by atoms with E-state index in [-0.39, 0.29) is 12.3 Å². The second kappa shape index (κ2) is 9.52. The Morgan fingerprint density at radius 3 is 2.65 bits per heavy atom. The van der Waals surface area contributed by atoms with E-state index >= 15 is 0 Å². The maximum Gasteiger partial charge on any atom is 0.233 e. The van der Waals surface area contributed by atoms with Crippen molar-refractivity contribution >= 4 is 34.5 Å². The summed E-state index contributed by atoms with van der Waals surface area (Å²) < 4.78 is 0.